The van der Waals surface area contributed by atoms with Crippen LogP contribution in [0, 0.1) is 4.78 Å². The van der Waals surface area contributed by atoms with Gasteiger partial charge in [-0.1, -0.05) is 0 Å². The molecule has 0 aliphatic carbocycles. The number of hydrogen-bond acceptors (Lipinski definition) is 5. The Morgan fingerprint density at radius 2 is 2.50 bits per heavy atom. The summed E-state index contributed by atoms with van der Waals surface area (Å²) in [5.41, 5.74) is 0. The molecule has 3 N–H and O–H groups in total. The fraction of sp³-hybridized carbons (Fsp3) is 0.625. The van der Waals surface area contributed by atoms with E-state index in [1.165, 1.54) is 0 Å². The summed E-state index contributed by atoms with van der Waals surface area (Å²) in [5, 5.41) is 9.43. The molecule has 0 bridgehead atoms. The average Bonchev–Trinajstić information content (AvgIpc) is 2.55. The van der Waals surface area contributed by atoms with E-state index in [2.05, 4.69) is 5.10 Å². The summed E-state index contributed by atoms with van der Waals surface area (Å²) in [7, 11) is -3.39. The second kappa shape index (κ2) is 3.95. The van der Waals surface area contributed by atoms with Gasteiger partial charge in [-0.05, 0) is 6.92 Å². The van der Waals surface area contributed by atoms with Gasteiger partial charge < -0.3 is 9.47 Å². The molecule has 0 amide bonds. The predicted octanol–water partition coefficient (Wildman–Crippen LogP) is 0.344. The molecule has 1 atom stereocenters. The molecule has 0 radical (unpaired) electrons. The highest BCUT2D eigenvalue weighted by molar-refractivity contribution is 7.90. The van der Waals surface area contributed by atoms with Crippen LogP contribution in [0.3, 0.4) is 0 Å². The Morgan fingerprint density at radius 1 is 1.75 bits per heavy atom. The fourth-order valence-corrected chi connectivity index (χ4v) is 2.36. The van der Waals surface area contributed by atoms with Gasteiger partial charge in [0, 0.05) is 13.0 Å². The average molecular weight is 246 g/mol. The van der Waals surface area contributed by atoms with Crippen molar-refractivity contribution in [2.24, 2.45) is 5.14 Å². The lowest BCUT2D eigenvalue weighted by molar-refractivity contribution is 0.224. The molecule has 1 aromatic heterocycles. The van der Waals surface area contributed by atoms with Gasteiger partial charge in [0.25, 0.3) is 5.88 Å². The van der Waals surface area contributed by atoms with Gasteiger partial charge in [0.1, 0.15) is 9.92 Å². The van der Waals surface area contributed by atoms with Crippen LogP contribution in [0.1, 0.15) is 13.3 Å². The minimum atomic E-state index is -3.39. The highest BCUT2D eigenvalue weighted by atomic mass is 32.2. The van der Waals surface area contributed by atoms with Crippen molar-refractivity contribution in [2.45, 2.75) is 24.8 Å². The van der Waals surface area contributed by atoms with Crippen molar-refractivity contribution in [1.82, 2.24) is 9.78 Å². The Morgan fingerprint density at radius 3 is 3.12 bits per heavy atom. The molecule has 1 aliphatic rings. The summed E-state index contributed by atoms with van der Waals surface area (Å²) in [4.78, 5) is 0.0639. The molecule has 0 spiro atoms. The van der Waals surface area contributed by atoms with Gasteiger partial charge in [0.2, 0.25) is 5.88 Å². The largest absolute Gasteiger partial charge is 0.477 e. The quantitative estimate of drug-likeness (QED) is 0.802. The van der Waals surface area contributed by atoms with Gasteiger partial charge in [-0.25, -0.2) is 18.8 Å². The van der Waals surface area contributed by atoms with Gasteiger partial charge in [0.15, 0.2) is 4.90 Å². The van der Waals surface area contributed by atoms with Gasteiger partial charge in [0.05, 0.1) is 13.2 Å². The van der Waals surface area contributed by atoms with E-state index in [1.54, 1.807) is 11.6 Å². The maximum Gasteiger partial charge on any atom is 0.255 e. The summed E-state index contributed by atoms with van der Waals surface area (Å²) >= 11 is 0. The van der Waals surface area contributed by atoms with Crippen LogP contribution in [0.15, 0.2) is 4.90 Å². The number of hydrogen-bond donors (Lipinski definition) is 2. The van der Waals surface area contributed by atoms with Crippen molar-refractivity contribution >= 4 is 9.92 Å². The third kappa shape index (κ3) is 1.85. The van der Waals surface area contributed by atoms with E-state index in [1.807, 2.05) is 0 Å². The number of nitrogens with two attached hydrogens (primary N) is 1. The molecule has 16 heavy (non-hydrogen) atoms. The van der Waals surface area contributed by atoms with E-state index in [-0.39, 0.29) is 10.8 Å². The first-order chi connectivity index (χ1) is 7.54. The molecular formula is C8H14N4O3S. The van der Waals surface area contributed by atoms with Crippen molar-refractivity contribution in [1.29, 1.82) is 4.78 Å². The second-order valence-corrected chi connectivity index (χ2v) is 5.01. The number of nitrogens with zero attached hydrogens (tertiary/aromatic N) is 2. The zero-order chi connectivity index (χ0) is 11.8. The zero-order valence-corrected chi connectivity index (χ0v) is 9.75. The molecular weight excluding hydrogens is 232 g/mol. The number of nitrogens with one attached hydrogen (secondary N) is 1. The topological polar surface area (TPSA) is 103 Å². The number of aromatic nitrogens is 2. The summed E-state index contributed by atoms with van der Waals surface area (Å²) in [6, 6.07) is 0. The van der Waals surface area contributed by atoms with Crippen LogP contribution in [-0.2, 0) is 16.5 Å². The Bertz CT molecular complexity index is 494. The normalized spacial score (nSPS) is 18.4. The lowest BCUT2D eigenvalue weighted by Gasteiger charge is -2.15. The first-order valence-electron chi connectivity index (χ1n) is 4.97. The maximum absolute atomic E-state index is 11.6. The highest BCUT2D eigenvalue weighted by Crippen LogP contribution is 2.34. The first-order valence-corrected chi connectivity index (χ1v) is 6.59. The van der Waals surface area contributed by atoms with Crippen molar-refractivity contribution in [3.8, 4) is 11.8 Å². The van der Waals surface area contributed by atoms with Crippen LogP contribution in [-0.4, -0.2) is 27.2 Å². The van der Waals surface area contributed by atoms with E-state index >= 15 is 0 Å². The molecule has 0 saturated carbocycles. The molecule has 1 aliphatic heterocycles. The molecule has 8 heteroatoms. The second-order valence-electron chi connectivity index (χ2n) is 3.40. The van der Waals surface area contributed by atoms with Crippen LogP contribution in [0.25, 0.3) is 0 Å². The maximum atomic E-state index is 11.6. The summed E-state index contributed by atoms with van der Waals surface area (Å²) in [6.07, 6.45) is 0.823. The van der Waals surface area contributed by atoms with Crippen molar-refractivity contribution in [3.63, 3.8) is 0 Å². The predicted molar refractivity (Wildman–Crippen MR) is 56.8 cm³/mol. The van der Waals surface area contributed by atoms with Gasteiger partial charge in [-0.15, -0.1) is 5.10 Å². The molecule has 2 rings (SSSR count). The number of ether oxygens (including phenoxy) is 2. The lowest BCUT2D eigenvalue weighted by atomic mass is 10.4. The Kier molecular flexibility index (Phi) is 2.76. The van der Waals surface area contributed by atoms with Crippen LogP contribution in [0.4, 0.5) is 0 Å². The fourth-order valence-electron chi connectivity index (χ4n) is 1.57. The SMILES string of the molecule is CCOc1nn2c(c1S(=N)(N)=O)OCCC2. The number of aryl methyl sites for hydroxylation is 1. The number of rotatable bonds is 3. The van der Waals surface area contributed by atoms with E-state index in [0.717, 1.165) is 6.42 Å². The summed E-state index contributed by atoms with van der Waals surface area (Å²) in [6.45, 7) is 3.33. The molecule has 1 unspecified atom stereocenters. The smallest absolute Gasteiger partial charge is 0.255 e. The van der Waals surface area contributed by atoms with Crippen LogP contribution in [0.5, 0.6) is 11.8 Å². The zero-order valence-electron chi connectivity index (χ0n) is 8.93. The van der Waals surface area contributed by atoms with Gasteiger partial charge >= 0.3 is 0 Å². The van der Waals surface area contributed by atoms with Crippen LogP contribution >= 0.6 is 0 Å². The van der Waals surface area contributed by atoms with Crippen LogP contribution in [0.2, 0.25) is 0 Å². The minimum Gasteiger partial charge on any atom is -0.477 e. The summed E-state index contributed by atoms with van der Waals surface area (Å²) in [5.74, 6) is 0.444. The third-order valence-corrected chi connectivity index (χ3v) is 3.13. The molecule has 0 saturated heterocycles. The Labute approximate surface area is 93.6 Å². The highest BCUT2D eigenvalue weighted by Gasteiger charge is 2.28. The van der Waals surface area contributed by atoms with E-state index in [0.29, 0.717) is 25.6 Å². The summed E-state index contributed by atoms with van der Waals surface area (Å²) < 4.78 is 31.2. The van der Waals surface area contributed by atoms with Gasteiger partial charge in [-0.3, -0.25) is 0 Å². The van der Waals surface area contributed by atoms with Crippen molar-refractivity contribution < 1.29 is 13.7 Å². The van der Waals surface area contributed by atoms with Gasteiger partial charge in [-0.2, -0.15) is 0 Å². The standard InChI is InChI=1S/C8H14N4O3S/c1-2-14-7-6(16(9,10)13)8-12(11-7)4-3-5-15-8/h2-5H2,1H3,(H3,9,10,13). The van der Waals surface area contributed by atoms with Crippen molar-refractivity contribution in [2.75, 3.05) is 13.2 Å². The monoisotopic (exact) mass is 246 g/mol. The van der Waals surface area contributed by atoms with Crippen molar-refractivity contribution in [3.05, 3.63) is 0 Å². The molecule has 7 nitrogen and oxygen atoms in total. The molecule has 90 valence electrons. The number of fused-ring (bicyclic) bond motifs is 1. The third-order valence-electron chi connectivity index (χ3n) is 2.17. The minimum absolute atomic E-state index is 0.0639. The molecule has 1 aromatic rings. The van der Waals surface area contributed by atoms with Crippen LogP contribution < -0.4 is 14.6 Å². The molecule has 0 fully saturated rings. The lowest BCUT2D eigenvalue weighted by Crippen LogP contribution is -2.18. The Balaban J connectivity index is 2.57. The molecule has 0 aromatic carbocycles. The molecule has 2 heterocycles. The van der Waals surface area contributed by atoms with E-state index in [9.17, 15) is 4.21 Å². The van der Waals surface area contributed by atoms with E-state index in [4.69, 9.17) is 19.4 Å². The van der Waals surface area contributed by atoms with E-state index < -0.39 is 9.92 Å². The Hall–Kier alpha value is -1.28. The first kappa shape index (κ1) is 11.2.